The van der Waals surface area contributed by atoms with E-state index in [2.05, 4.69) is 5.32 Å². The minimum absolute atomic E-state index is 0.0738. The van der Waals surface area contributed by atoms with Crippen LogP contribution in [0.5, 0.6) is 17.2 Å². The molecule has 0 aromatic heterocycles. The van der Waals surface area contributed by atoms with Crippen molar-refractivity contribution in [1.82, 2.24) is 5.32 Å². The molecule has 4 nitrogen and oxygen atoms in total. The summed E-state index contributed by atoms with van der Waals surface area (Å²) in [5.41, 5.74) is 0.466. The summed E-state index contributed by atoms with van der Waals surface area (Å²) in [6, 6.07) is 1.79. The van der Waals surface area contributed by atoms with Gasteiger partial charge in [-0.3, -0.25) is 0 Å². The number of benzene rings is 1. The molecule has 1 aliphatic rings. The molecule has 1 unspecified atom stereocenters. The Balaban J connectivity index is 2.63. The molecular weight excluding hydrogens is 249 g/mol. The van der Waals surface area contributed by atoms with E-state index < -0.39 is 5.82 Å². The predicted molar refractivity (Wildman–Crippen MR) is 70.6 cm³/mol. The monoisotopic (exact) mass is 269 g/mol. The van der Waals surface area contributed by atoms with E-state index in [1.807, 2.05) is 6.92 Å². The molecule has 0 amide bonds. The van der Waals surface area contributed by atoms with Gasteiger partial charge >= 0.3 is 0 Å². The van der Waals surface area contributed by atoms with Crippen LogP contribution in [0.25, 0.3) is 0 Å². The Kier molecular flexibility index (Phi) is 3.85. The van der Waals surface area contributed by atoms with Crippen molar-refractivity contribution in [2.45, 2.75) is 25.3 Å². The molecule has 1 aliphatic heterocycles. The summed E-state index contributed by atoms with van der Waals surface area (Å²) < 4.78 is 30.0. The molecule has 1 saturated heterocycles. The van der Waals surface area contributed by atoms with E-state index in [0.717, 1.165) is 24.9 Å². The van der Waals surface area contributed by atoms with Crippen LogP contribution < -0.4 is 19.5 Å². The van der Waals surface area contributed by atoms with Crippen LogP contribution in [0.3, 0.4) is 0 Å². The summed E-state index contributed by atoms with van der Waals surface area (Å²) in [5, 5.41) is 3.40. The quantitative estimate of drug-likeness (QED) is 0.911. The van der Waals surface area contributed by atoms with Crippen LogP contribution in [0.1, 0.15) is 25.3 Å². The van der Waals surface area contributed by atoms with Crippen molar-refractivity contribution in [1.29, 1.82) is 0 Å². The van der Waals surface area contributed by atoms with Gasteiger partial charge in [0.2, 0.25) is 11.6 Å². The molecule has 1 fully saturated rings. The van der Waals surface area contributed by atoms with Crippen LogP contribution in [-0.2, 0) is 5.54 Å². The number of methoxy groups -OCH3 is 3. The van der Waals surface area contributed by atoms with Crippen LogP contribution in [0, 0.1) is 5.82 Å². The van der Waals surface area contributed by atoms with Crippen molar-refractivity contribution >= 4 is 0 Å². The van der Waals surface area contributed by atoms with Gasteiger partial charge in [0, 0.05) is 11.1 Å². The molecule has 5 heteroatoms. The molecule has 0 spiro atoms. The van der Waals surface area contributed by atoms with E-state index in [1.54, 1.807) is 6.07 Å². The fourth-order valence-electron chi connectivity index (χ4n) is 2.67. The lowest BCUT2D eigenvalue weighted by atomic mass is 9.89. The van der Waals surface area contributed by atoms with Crippen molar-refractivity contribution in [3.05, 3.63) is 17.4 Å². The molecule has 2 rings (SSSR count). The molecule has 19 heavy (non-hydrogen) atoms. The van der Waals surface area contributed by atoms with Gasteiger partial charge < -0.3 is 19.5 Å². The Morgan fingerprint density at radius 1 is 1.16 bits per heavy atom. The normalized spacial score (nSPS) is 22.4. The molecule has 0 saturated carbocycles. The number of halogens is 1. The van der Waals surface area contributed by atoms with Gasteiger partial charge in [0.05, 0.1) is 21.3 Å². The molecule has 0 radical (unpaired) electrons. The second-order valence-corrected chi connectivity index (χ2v) is 4.87. The number of hydrogen-bond acceptors (Lipinski definition) is 4. The van der Waals surface area contributed by atoms with Gasteiger partial charge in [-0.25, -0.2) is 0 Å². The van der Waals surface area contributed by atoms with Crippen molar-refractivity contribution < 1.29 is 18.6 Å². The summed E-state index contributed by atoms with van der Waals surface area (Å²) in [7, 11) is 4.37. The molecule has 1 atom stereocenters. The molecule has 0 aliphatic carbocycles. The number of rotatable bonds is 4. The third-order valence-electron chi connectivity index (χ3n) is 3.73. The van der Waals surface area contributed by atoms with E-state index in [-0.39, 0.29) is 17.0 Å². The standard InChI is InChI=1S/C14H20FNO3/c1-14(6-5-7-16-14)9-8-10(17-2)13(19-4)11(15)12(9)18-3/h8,16H,5-7H2,1-4H3. The third kappa shape index (κ3) is 2.23. The minimum atomic E-state index is -0.519. The lowest BCUT2D eigenvalue weighted by Gasteiger charge is -2.28. The Labute approximate surface area is 112 Å². The average molecular weight is 269 g/mol. The first kappa shape index (κ1) is 13.9. The smallest absolute Gasteiger partial charge is 0.211 e. The zero-order valence-electron chi connectivity index (χ0n) is 11.8. The highest BCUT2D eigenvalue weighted by atomic mass is 19.1. The number of nitrogens with one attached hydrogen (secondary N) is 1. The summed E-state index contributed by atoms with van der Waals surface area (Å²) in [6.45, 7) is 2.96. The van der Waals surface area contributed by atoms with Crippen LogP contribution in [0.2, 0.25) is 0 Å². The molecule has 1 N–H and O–H groups in total. The first-order valence-electron chi connectivity index (χ1n) is 6.31. The van der Waals surface area contributed by atoms with Crippen LogP contribution in [-0.4, -0.2) is 27.9 Å². The highest BCUT2D eigenvalue weighted by Gasteiger charge is 2.36. The topological polar surface area (TPSA) is 39.7 Å². The molecule has 1 aromatic rings. The van der Waals surface area contributed by atoms with E-state index >= 15 is 0 Å². The van der Waals surface area contributed by atoms with E-state index in [4.69, 9.17) is 14.2 Å². The van der Waals surface area contributed by atoms with Gasteiger partial charge in [-0.05, 0) is 32.4 Å². The van der Waals surface area contributed by atoms with Crippen molar-refractivity contribution in [3.63, 3.8) is 0 Å². The second-order valence-electron chi connectivity index (χ2n) is 4.87. The van der Waals surface area contributed by atoms with E-state index in [1.165, 1.54) is 21.3 Å². The summed E-state index contributed by atoms with van der Waals surface area (Å²) in [6.07, 6.45) is 1.98. The fourth-order valence-corrected chi connectivity index (χ4v) is 2.67. The SMILES string of the molecule is COc1cc(C2(C)CCCN2)c(OC)c(F)c1OC. The van der Waals surface area contributed by atoms with Gasteiger partial charge in [-0.1, -0.05) is 0 Å². The first-order valence-corrected chi connectivity index (χ1v) is 6.31. The van der Waals surface area contributed by atoms with Gasteiger partial charge in [-0.15, -0.1) is 0 Å². The predicted octanol–water partition coefficient (Wildman–Crippen LogP) is 2.45. The highest BCUT2D eigenvalue weighted by Crippen LogP contribution is 2.45. The summed E-state index contributed by atoms with van der Waals surface area (Å²) >= 11 is 0. The Hall–Kier alpha value is -1.49. The Bertz CT molecular complexity index is 470. The zero-order valence-corrected chi connectivity index (χ0v) is 11.8. The van der Waals surface area contributed by atoms with Crippen LogP contribution in [0.15, 0.2) is 6.07 Å². The summed E-state index contributed by atoms with van der Waals surface area (Å²) in [4.78, 5) is 0. The van der Waals surface area contributed by atoms with Gasteiger partial charge in [0.25, 0.3) is 0 Å². The zero-order chi connectivity index (χ0) is 14.0. The maximum atomic E-state index is 14.4. The lowest BCUT2D eigenvalue weighted by Crippen LogP contribution is -2.33. The highest BCUT2D eigenvalue weighted by molar-refractivity contribution is 5.54. The molecule has 106 valence electrons. The molecule has 1 heterocycles. The average Bonchev–Trinajstić information content (AvgIpc) is 2.85. The number of hydrogen-bond donors (Lipinski definition) is 1. The Morgan fingerprint density at radius 2 is 1.84 bits per heavy atom. The van der Waals surface area contributed by atoms with E-state index in [9.17, 15) is 4.39 Å². The van der Waals surface area contributed by atoms with Crippen LogP contribution >= 0.6 is 0 Å². The summed E-state index contributed by atoms with van der Waals surface area (Å²) in [5.74, 6) is 0.152. The maximum Gasteiger partial charge on any atom is 0.211 e. The van der Waals surface area contributed by atoms with Crippen molar-refractivity contribution in [2.75, 3.05) is 27.9 Å². The largest absolute Gasteiger partial charge is 0.493 e. The lowest BCUT2D eigenvalue weighted by molar-refractivity contribution is 0.307. The Morgan fingerprint density at radius 3 is 2.32 bits per heavy atom. The first-order chi connectivity index (χ1) is 9.07. The van der Waals surface area contributed by atoms with Gasteiger partial charge in [0.15, 0.2) is 11.5 Å². The second kappa shape index (κ2) is 5.25. The number of ether oxygens (including phenoxy) is 3. The van der Waals surface area contributed by atoms with Crippen molar-refractivity contribution in [3.8, 4) is 17.2 Å². The van der Waals surface area contributed by atoms with Gasteiger partial charge in [-0.2, -0.15) is 4.39 Å². The van der Waals surface area contributed by atoms with Gasteiger partial charge in [0.1, 0.15) is 0 Å². The minimum Gasteiger partial charge on any atom is -0.493 e. The van der Waals surface area contributed by atoms with E-state index in [0.29, 0.717) is 5.75 Å². The third-order valence-corrected chi connectivity index (χ3v) is 3.73. The van der Waals surface area contributed by atoms with Crippen molar-refractivity contribution in [2.24, 2.45) is 0 Å². The fraction of sp³-hybridized carbons (Fsp3) is 0.571. The molecular formula is C14H20FNO3. The molecule has 0 bridgehead atoms. The van der Waals surface area contributed by atoms with Crippen LogP contribution in [0.4, 0.5) is 4.39 Å². The molecule has 1 aromatic carbocycles. The maximum absolute atomic E-state index is 14.4.